The summed E-state index contributed by atoms with van der Waals surface area (Å²) in [7, 11) is 1.60. The van der Waals surface area contributed by atoms with Crippen molar-refractivity contribution in [2.75, 3.05) is 20.3 Å². The summed E-state index contributed by atoms with van der Waals surface area (Å²) in [5, 5.41) is 0. The molecule has 204 valence electrons. The summed E-state index contributed by atoms with van der Waals surface area (Å²) >= 11 is 6.79. The first-order valence-electron chi connectivity index (χ1n) is 13.4. The Bertz CT molecular complexity index is 1280. The van der Waals surface area contributed by atoms with Gasteiger partial charge in [0, 0.05) is 0 Å². The molecule has 4 rings (SSSR count). The molecule has 3 aromatic rings. The lowest BCUT2D eigenvalue weighted by atomic mass is 10.1. The van der Waals surface area contributed by atoms with Gasteiger partial charge in [0.1, 0.15) is 23.3 Å². The summed E-state index contributed by atoms with van der Waals surface area (Å²) in [6.07, 6.45) is 8.02. The molecule has 0 N–H and O–H groups in total. The van der Waals surface area contributed by atoms with Crippen molar-refractivity contribution in [2.24, 2.45) is 0 Å². The highest BCUT2D eigenvalue weighted by Crippen LogP contribution is 2.35. The maximum atomic E-state index is 13.0. The van der Waals surface area contributed by atoms with Crippen LogP contribution in [0.4, 0.5) is 0 Å². The summed E-state index contributed by atoms with van der Waals surface area (Å²) in [5.41, 5.74) is 3.22. The number of nitrogens with zero attached hydrogens (tertiary/aromatic N) is 1. The first-order chi connectivity index (χ1) is 19.1. The van der Waals surface area contributed by atoms with Crippen molar-refractivity contribution in [3.63, 3.8) is 0 Å². The van der Waals surface area contributed by atoms with Crippen LogP contribution in [0.1, 0.15) is 49.3 Å². The van der Waals surface area contributed by atoms with Crippen LogP contribution in [0.25, 0.3) is 6.08 Å². The fraction of sp³-hybridized carbons (Fsp3) is 0.312. The Morgan fingerprint density at radius 3 is 2.38 bits per heavy atom. The molecule has 0 unspecified atom stereocenters. The number of thiocarbonyl (C=S) groups is 1. The highest BCUT2D eigenvalue weighted by molar-refractivity contribution is 8.26. The van der Waals surface area contributed by atoms with E-state index < -0.39 is 0 Å². The second kappa shape index (κ2) is 14.8. The first-order valence-corrected chi connectivity index (χ1v) is 14.6. The Kier molecular flexibility index (Phi) is 10.9. The molecule has 0 spiro atoms. The number of carbonyl (C=O) groups is 1. The van der Waals surface area contributed by atoms with E-state index in [1.807, 2.05) is 66.7 Å². The van der Waals surface area contributed by atoms with Gasteiger partial charge in [0.05, 0.1) is 18.6 Å². The van der Waals surface area contributed by atoms with Crippen molar-refractivity contribution in [1.82, 2.24) is 4.90 Å². The Hall–Kier alpha value is -3.29. The van der Waals surface area contributed by atoms with Gasteiger partial charge in [-0.25, -0.2) is 0 Å². The molecule has 3 aromatic carbocycles. The summed E-state index contributed by atoms with van der Waals surface area (Å²) in [6, 6.07) is 23.8. The normalized spacial score (nSPS) is 14.2. The number of carbonyl (C=O) groups excluding carboxylic acids is 1. The lowest BCUT2D eigenvalue weighted by Crippen LogP contribution is -2.27. The molecule has 0 aliphatic carbocycles. The smallest absolute Gasteiger partial charge is 0.266 e. The number of methoxy groups -OCH3 is 1. The molecular weight excluding hydrogens is 526 g/mol. The fourth-order valence-electron chi connectivity index (χ4n) is 4.27. The number of hydrogen-bond donors (Lipinski definition) is 0. The van der Waals surface area contributed by atoms with E-state index in [4.69, 9.17) is 26.4 Å². The van der Waals surface area contributed by atoms with Crippen LogP contribution in [-0.4, -0.2) is 35.5 Å². The Morgan fingerprint density at radius 1 is 0.872 bits per heavy atom. The maximum Gasteiger partial charge on any atom is 0.266 e. The van der Waals surface area contributed by atoms with Crippen LogP contribution in [-0.2, 0) is 17.8 Å². The summed E-state index contributed by atoms with van der Waals surface area (Å²) in [5.74, 6) is 1.96. The largest absolute Gasteiger partial charge is 0.493 e. The molecule has 1 heterocycles. The van der Waals surface area contributed by atoms with Crippen LogP contribution >= 0.6 is 24.0 Å². The molecule has 39 heavy (non-hydrogen) atoms. The zero-order valence-corrected chi connectivity index (χ0v) is 24.2. The lowest BCUT2D eigenvalue weighted by molar-refractivity contribution is -0.122. The maximum absolute atomic E-state index is 13.0. The molecular formula is C32H35NO4S2. The quantitative estimate of drug-likeness (QED) is 0.114. The van der Waals surface area contributed by atoms with Crippen LogP contribution in [0, 0.1) is 0 Å². The zero-order chi connectivity index (χ0) is 27.5. The molecule has 0 saturated carbocycles. The molecule has 0 bridgehead atoms. The van der Waals surface area contributed by atoms with Gasteiger partial charge in [-0.15, -0.1) is 0 Å². The number of thioether (sulfide) groups is 1. The topological polar surface area (TPSA) is 48.0 Å². The molecule has 5 nitrogen and oxygen atoms in total. The van der Waals surface area contributed by atoms with E-state index in [0.29, 0.717) is 40.5 Å². The van der Waals surface area contributed by atoms with Gasteiger partial charge in [0.25, 0.3) is 5.91 Å². The molecule has 7 heteroatoms. The number of ether oxygens (including phenoxy) is 3. The molecule has 0 atom stereocenters. The van der Waals surface area contributed by atoms with Gasteiger partial charge in [-0.05, 0) is 59.9 Å². The predicted octanol–water partition coefficient (Wildman–Crippen LogP) is 7.68. The molecule has 0 aromatic heterocycles. The third-order valence-electron chi connectivity index (χ3n) is 6.39. The van der Waals surface area contributed by atoms with Gasteiger partial charge < -0.3 is 14.2 Å². The molecule has 1 amide bonds. The summed E-state index contributed by atoms with van der Waals surface area (Å²) in [4.78, 5) is 15.2. The van der Waals surface area contributed by atoms with E-state index in [2.05, 4.69) is 19.1 Å². The van der Waals surface area contributed by atoms with Gasteiger partial charge in [-0.3, -0.25) is 9.69 Å². The fourth-order valence-corrected chi connectivity index (χ4v) is 5.52. The van der Waals surface area contributed by atoms with Gasteiger partial charge >= 0.3 is 0 Å². The number of amides is 1. The van der Waals surface area contributed by atoms with Crippen molar-refractivity contribution >= 4 is 40.3 Å². The van der Waals surface area contributed by atoms with Crippen molar-refractivity contribution < 1.29 is 19.0 Å². The van der Waals surface area contributed by atoms with Gasteiger partial charge in [-0.1, -0.05) is 98.7 Å². The molecule has 1 saturated heterocycles. The third kappa shape index (κ3) is 8.35. The molecule has 1 aliphatic heterocycles. The SMILES string of the molecule is CCCCCCc1ccc(OCCOc2ccc(/C=C3\SC(=S)N(Cc4ccccc4)C3=O)cc2OC)cc1. The minimum atomic E-state index is -0.0881. The van der Waals surface area contributed by atoms with Crippen LogP contribution in [0.3, 0.4) is 0 Å². The van der Waals surface area contributed by atoms with E-state index in [1.54, 1.807) is 12.0 Å². The number of aryl methyl sites for hydroxylation is 1. The Labute approximate surface area is 241 Å². The minimum Gasteiger partial charge on any atom is -0.493 e. The van der Waals surface area contributed by atoms with Crippen LogP contribution in [0.5, 0.6) is 17.2 Å². The molecule has 0 radical (unpaired) electrons. The van der Waals surface area contributed by atoms with E-state index in [1.165, 1.54) is 43.0 Å². The van der Waals surface area contributed by atoms with Gasteiger partial charge in [-0.2, -0.15) is 0 Å². The predicted molar refractivity (Wildman–Crippen MR) is 163 cm³/mol. The van der Waals surface area contributed by atoms with E-state index in [-0.39, 0.29) is 5.91 Å². The lowest BCUT2D eigenvalue weighted by Gasteiger charge is -2.14. The van der Waals surface area contributed by atoms with Crippen LogP contribution < -0.4 is 14.2 Å². The van der Waals surface area contributed by atoms with Crippen LogP contribution in [0.2, 0.25) is 0 Å². The van der Waals surface area contributed by atoms with Gasteiger partial charge in [0.15, 0.2) is 11.5 Å². The summed E-state index contributed by atoms with van der Waals surface area (Å²) in [6.45, 7) is 3.50. The zero-order valence-electron chi connectivity index (χ0n) is 22.6. The van der Waals surface area contributed by atoms with Crippen LogP contribution in [0.15, 0.2) is 77.7 Å². The number of rotatable bonds is 14. The van der Waals surface area contributed by atoms with E-state index in [9.17, 15) is 4.79 Å². The highest BCUT2D eigenvalue weighted by Gasteiger charge is 2.32. The third-order valence-corrected chi connectivity index (χ3v) is 7.77. The number of unbranched alkanes of at least 4 members (excludes halogenated alkanes) is 3. The molecule has 1 fully saturated rings. The first kappa shape index (κ1) is 28.7. The average molecular weight is 562 g/mol. The second-order valence-electron chi connectivity index (χ2n) is 9.32. The number of hydrogen-bond acceptors (Lipinski definition) is 6. The Balaban J connectivity index is 1.28. The molecule has 1 aliphatic rings. The second-order valence-corrected chi connectivity index (χ2v) is 11.0. The average Bonchev–Trinajstić information content (AvgIpc) is 3.22. The summed E-state index contributed by atoms with van der Waals surface area (Å²) < 4.78 is 17.9. The Morgan fingerprint density at radius 2 is 1.64 bits per heavy atom. The number of benzene rings is 3. The van der Waals surface area contributed by atoms with Gasteiger partial charge in [0.2, 0.25) is 0 Å². The van der Waals surface area contributed by atoms with Crippen molar-refractivity contribution in [3.05, 3.63) is 94.4 Å². The highest BCUT2D eigenvalue weighted by atomic mass is 32.2. The van der Waals surface area contributed by atoms with E-state index in [0.717, 1.165) is 23.3 Å². The monoisotopic (exact) mass is 561 g/mol. The van der Waals surface area contributed by atoms with Crippen molar-refractivity contribution in [3.8, 4) is 17.2 Å². The standard InChI is InChI=1S/C32H35NO4S2/c1-3-4-5-7-10-24-13-16-27(17-14-24)36-19-20-37-28-18-15-26(21-29(28)35-2)22-30-31(34)33(32(38)39-30)23-25-11-8-6-9-12-25/h6,8-9,11-18,21-22H,3-5,7,10,19-20,23H2,1-2H3/b30-22-. The van der Waals surface area contributed by atoms with Crippen molar-refractivity contribution in [1.29, 1.82) is 0 Å². The minimum absolute atomic E-state index is 0.0881. The van der Waals surface area contributed by atoms with E-state index >= 15 is 0 Å². The van der Waals surface area contributed by atoms with Crippen molar-refractivity contribution in [2.45, 2.75) is 45.6 Å².